The predicted molar refractivity (Wildman–Crippen MR) is 90.7 cm³/mol. The van der Waals surface area contributed by atoms with Crippen LogP contribution in [0.25, 0.3) is 11.5 Å². The first-order chi connectivity index (χ1) is 11.7. The first-order valence-electron chi connectivity index (χ1n) is 7.97. The van der Waals surface area contributed by atoms with Gasteiger partial charge < -0.3 is 9.32 Å². The van der Waals surface area contributed by atoms with Gasteiger partial charge in [0.05, 0.1) is 17.7 Å². The molecule has 0 fully saturated rings. The van der Waals surface area contributed by atoms with Crippen LogP contribution in [-0.4, -0.2) is 22.4 Å². The molecule has 0 N–H and O–H groups in total. The molecule has 1 amide bonds. The summed E-state index contributed by atoms with van der Waals surface area (Å²) in [6.45, 7) is 2.57. The molecule has 5 nitrogen and oxygen atoms in total. The Balaban J connectivity index is 1.56. The summed E-state index contributed by atoms with van der Waals surface area (Å²) < 4.78 is 5.71. The maximum absolute atomic E-state index is 12.7. The Kier molecular flexibility index (Phi) is 3.61. The van der Waals surface area contributed by atoms with E-state index in [4.69, 9.17) is 4.42 Å². The van der Waals surface area contributed by atoms with Gasteiger partial charge >= 0.3 is 0 Å². The maximum atomic E-state index is 12.7. The molecule has 0 unspecified atom stereocenters. The topological polar surface area (TPSA) is 59.2 Å². The smallest absolute Gasteiger partial charge is 0.233 e. The Morgan fingerprint density at radius 2 is 2.12 bits per heavy atom. The van der Waals surface area contributed by atoms with Crippen molar-refractivity contribution in [2.45, 2.75) is 19.8 Å². The zero-order chi connectivity index (χ0) is 16.5. The van der Waals surface area contributed by atoms with Gasteiger partial charge in [-0.05, 0) is 37.1 Å². The predicted octanol–water partition coefficient (Wildman–Crippen LogP) is 3.18. The minimum absolute atomic E-state index is 0.0501. The summed E-state index contributed by atoms with van der Waals surface area (Å²) >= 11 is 0. The number of rotatable bonds is 3. The first-order valence-corrected chi connectivity index (χ1v) is 7.97. The number of benzene rings is 1. The number of fused-ring (bicyclic) bond motifs is 1. The number of oxazole rings is 1. The quantitative estimate of drug-likeness (QED) is 0.744. The lowest BCUT2D eigenvalue weighted by Gasteiger charge is -2.16. The van der Waals surface area contributed by atoms with Gasteiger partial charge in [0, 0.05) is 24.6 Å². The van der Waals surface area contributed by atoms with Crippen LogP contribution in [0.5, 0.6) is 0 Å². The Morgan fingerprint density at radius 3 is 2.96 bits per heavy atom. The van der Waals surface area contributed by atoms with Gasteiger partial charge in [-0.1, -0.05) is 18.2 Å². The number of nitrogens with zero attached hydrogens (tertiary/aromatic N) is 3. The minimum atomic E-state index is 0.0501. The molecule has 3 aromatic rings. The molecule has 0 atom stereocenters. The van der Waals surface area contributed by atoms with E-state index in [1.807, 2.05) is 42.2 Å². The van der Waals surface area contributed by atoms with E-state index in [1.54, 1.807) is 12.4 Å². The molecule has 1 aliphatic rings. The molecule has 4 rings (SSSR count). The van der Waals surface area contributed by atoms with Crippen LogP contribution < -0.4 is 4.90 Å². The average molecular weight is 319 g/mol. The molecule has 0 radical (unpaired) electrons. The SMILES string of the molecule is Cc1oc(-c2cccnc2)nc1CC(=O)N1CCc2ccccc21. The Labute approximate surface area is 140 Å². The first kappa shape index (κ1) is 14.6. The molecular weight excluding hydrogens is 302 g/mol. The molecule has 3 heterocycles. The van der Waals surface area contributed by atoms with Gasteiger partial charge in [-0.2, -0.15) is 0 Å². The number of aromatic nitrogens is 2. The third-order valence-electron chi connectivity index (χ3n) is 4.31. The number of hydrogen-bond donors (Lipinski definition) is 0. The van der Waals surface area contributed by atoms with E-state index >= 15 is 0 Å². The van der Waals surface area contributed by atoms with Crippen molar-refractivity contribution in [1.29, 1.82) is 0 Å². The second kappa shape index (κ2) is 5.92. The molecule has 0 aliphatic carbocycles. The van der Waals surface area contributed by atoms with Crippen LogP contribution >= 0.6 is 0 Å². The molecule has 5 heteroatoms. The van der Waals surface area contributed by atoms with Crippen molar-refractivity contribution >= 4 is 11.6 Å². The molecule has 2 aromatic heterocycles. The van der Waals surface area contributed by atoms with Crippen molar-refractivity contribution in [3.8, 4) is 11.5 Å². The monoisotopic (exact) mass is 319 g/mol. The van der Waals surface area contributed by atoms with Crippen LogP contribution in [-0.2, 0) is 17.6 Å². The van der Waals surface area contributed by atoms with Gasteiger partial charge in [0.2, 0.25) is 11.8 Å². The molecule has 120 valence electrons. The van der Waals surface area contributed by atoms with Gasteiger partial charge in [0.1, 0.15) is 5.76 Å². The second-order valence-corrected chi connectivity index (χ2v) is 5.86. The average Bonchev–Trinajstić information content (AvgIpc) is 3.20. The lowest BCUT2D eigenvalue weighted by atomic mass is 10.2. The van der Waals surface area contributed by atoms with E-state index in [1.165, 1.54) is 5.56 Å². The van der Waals surface area contributed by atoms with Gasteiger partial charge in [-0.15, -0.1) is 0 Å². The largest absolute Gasteiger partial charge is 0.441 e. The lowest BCUT2D eigenvalue weighted by Crippen LogP contribution is -2.30. The second-order valence-electron chi connectivity index (χ2n) is 5.86. The highest BCUT2D eigenvalue weighted by Crippen LogP contribution is 2.28. The number of pyridine rings is 1. The molecule has 0 spiro atoms. The van der Waals surface area contributed by atoms with Gasteiger partial charge in [-0.3, -0.25) is 9.78 Å². The highest BCUT2D eigenvalue weighted by atomic mass is 16.4. The number of hydrogen-bond acceptors (Lipinski definition) is 4. The van der Waals surface area contributed by atoms with Crippen LogP contribution in [0, 0.1) is 6.92 Å². The normalized spacial score (nSPS) is 13.1. The third-order valence-corrected chi connectivity index (χ3v) is 4.31. The van der Waals surface area contributed by atoms with Crippen LogP contribution in [0.1, 0.15) is 17.0 Å². The van der Waals surface area contributed by atoms with Crippen LogP contribution in [0.4, 0.5) is 5.69 Å². The fraction of sp³-hybridized carbons (Fsp3) is 0.211. The van der Waals surface area contributed by atoms with Crippen LogP contribution in [0.2, 0.25) is 0 Å². The van der Waals surface area contributed by atoms with Crippen molar-refractivity contribution < 1.29 is 9.21 Å². The molecule has 0 bridgehead atoms. The Hall–Kier alpha value is -2.95. The number of carbonyl (C=O) groups excluding carboxylic acids is 1. The number of anilines is 1. The van der Waals surface area contributed by atoms with E-state index in [9.17, 15) is 4.79 Å². The van der Waals surface area contributed by atoms with Gasteiger partial charge in [-0.25, -0.2) is 4.98 Å². The lowest BCUT2D eigenvalue weighted by molar-refractivity contribution is -0.117. The maximum Gasteiger partial charge on any atom is 0.233 e. The summed E-state index contributed by atoms with van der Waals surface area (Å²) in [6.07, 6.45) is 4.55. The molecule has 0 saturated carbocycles. The molecular formula is C19H17N3O2. The van der Waals surface area contributed by atoms with Gasteiger partial charge in [0.25, 0.3) is 0 Å². The summed E-state index contributed by atoms with van der Waals surface area (Å²) in [5, 5.41) is 0. The highest BCUT2D eigenvalue weighted by Gasteiger charge is 2.25. The Bertz CT molecular complexity index is 887. The molecule has 24 heavy (non-hydrogen) atoms. The van der Waals surface area contributed by atoms with E-state index in [0.29, 0.717) is 17.3 Å². The minimum Gasteiger partial charge on any atom is -0.441 e. The molecule has 1 aliphatic heterocycles. The molecule has 0 saturated heterocycles. The molecule has 1 aromatic carbocycles. The van der Waals surface area contributed by atoms with Crippen molar-refractivity contribution in [2.24, 2.45) is 0 Å². The number of para-hydroxylation sites is 1. The van der Waals surface area contributed by atoms with Crippen molar-refractivity contribution in [1.82, 2.24) is 9.97 Å². The zero-order valence-electron chi connectivity index (χ0n) is 13.4. The summed E-state index contributed by atoms with van der Waals surface area (Å²) in [5.41, 5.74) is 3.73. The van der Waals surface area contributed by atoms with Crippen LogP contribution in [0.3, 0.4) is 0 Å². The van der Waals surface area contributed by atoms with E-state index in [2.05, 4.69) is 16.0 Å². The van der Waals surface area contributed by atoms with Crippen molar-refractivity contribution in [3.63, 3.8) is 0 Å². The summed E-state index contributed by atoms with van der Waals surface area (Å²) in [6, 6.07) is 11.8. The fourth-order valence-electron chi connectivity index (χ4n) is 3.04. The van der Waals surface area contributed by atoms with E-state index in [0.717, 1.165) is 24.2 Å². The standard InChI is InChI=1S/C19H17N3O2/c1-13-16(21-19(24-13)15-6-4-9-20-12-15)11-18(23)22-10-8-14-5-2-3-7-17(14)22/h2-7,9,12H,8,10-11H2,1H3. The summed E-state index contributed by atoms with van der Waals surface area (Å²) in [7, 11) is 0. The summed E-state index contributed by atoms with van der Waals surface area (Å²) in [5.74, 6) is 1.23. The number of aryl methyl sites for hydroxylation is 1. The van der Waals surface area contributed by atoms with Crippen molar-refractivity contribution in [3.05, 3.63) is 65.8 Å². The fourth-order valence-corrected chi connectivity index (χ4v) is 3.04. The number of carbonyl (C=O) groups is 1. The third kappa shape index (κ3) is 2.58. The van der Waals surface area contributed by atoms with Crippen LogP contribution in [0.15, 0.2) is 53.2 Å². The zero-order valence-corrected chi connectivity index (χ0v) is 13.4. The van der Waals surface area contributed by atoms with Crippen molar-refractivity contribution in [2.75, 3.05) is 11.4 Å². The van der Waals surface area contributed by atoms with E-state index < -0.39 is 0 Å². The highest BCUT2D eigenvalue weighted by molar-refractivity contribution is 5.96. The number of amides is 1. The summed E-state index contributed by atoms with van der Waals surface area (Å²) in [4.78, 5) is 23.1. The Morgan fingerprint density at radius 1 is 1.25 bits per heavy atom. The van der Waals surface area contributed by atoms with Gasteiger partial charge in [0.15, 0.2) is 0 Å². The van der Waals surface area contributed by atoms with E-state index in [-0.39, 0.29) is 12.3 Å².